The lowest BCUT2D eigenvalue weighted by molar-refractivity contribution is -0.118. The molecule has 0 aromatic heterocycles. The zero-order valence-corrected chi connectivity index (χ0v) is 9.04. The number of hydrogen-bond donors (Lipinski definition) is 2. The van der Waals surface area contributed by atoms with Crippen LogP contribution in [0.25, 0.3) is 0 Å². The van der Waals surface area contributed by atoms with Gasteiger partial charge in [0, 0.05) is 0 Å². The first kappa shape index (κ1) is 11.4. The van der Waals surface area contributed by atoms with Crippen molar-refractivity contribution in [2.45, 2.75) is 20.3 Å². The van der Waals surface area contributed by atoms with Gasteiger partial charge in [0.1, 0.15) is 5.75 Å². The number of aryl methyl sites for hydroxylation is 2. The van der Waals surface area contributed by atoms with Crippen molar-refractivity contribution in [2.24, 2.45) is 5.73 Å². The second kappa shape index (κ2) is 4.68. The van der Waals surface area contributed by atoms with E-state index in [1.165, 1.54) is 0 Å². The minimum Gasteiger partial charge on any atom is -0.491 e. The molecule has 1 aromatic rings. The number of hydrogen-bond acceptors (Lipinski definition) is 3. The van der Waals surface area contributed by atoms with Crippen molar-refractivity contribution in [1.29, 1.82) is 0 Å². The number of carbonyl (C=O) groups is 1. The van der Waals surface area contributed by atoms with Crippen molar-refractivity contribution in [3.8, 4) is 5.75 Å². The summed E-state index contributed by atoms with van der Waals surface area (Å²) >= 11 is 0. The molecule has 0 aliphatic heterocycles. The van der Waals surface area contributed by atoms with Gasteiger partial charge in [-0.2, -0.15) is 0 Å². The average Bonchev–Trinajstić information content (AvgIpc) is 2.08. The lowest BCUT2D eigenvalue weighted by Crippen LogP contribution is -2.15. The fraction of sp³-hybridized carbons (Fsp3) is 0.364. The molecule has 15 heavy (non-hydrogen) atoms. The Bertz CT molecular complexity index is 352. The lowest BCUT2D eigenvalue weighted by Gasteiger charge is -2.11. The molecule has 0 saturated carbocycles. The smallest absolute Gasteiger partial charge is 0.220 e. The maximum atomic E-state index is 10.5. The molecule has 82 valence electrons. The van der Waals surface area contributed by atoms with E-state index in [0.717, 1.165) is 11.1 Å². The maximum absolute atomic E-state index is 10.5. The second-order valence-electron chi connectivity index (χ2n) is 3.56. The summed E-state index contributed by atoms with van der Waals surface area (Å²) in [5.74, 6) is 0.264. The summed E-state index contributed by atoms with van der Waals surface area (Å²) < 4.78 is 5.41. The first-order valence-corrected chi connectivity index (χ1v) is 4.78. The molecule has 0 heterocycles. The molecule has 0 spiro atoms. The van der Waals surface area contributed by atoms with Gasteiger partial charge >= 0.3 is 0 Å². The molecule has 4 N–H and O–H groups in total. The molecule has 0 fully saturated rings. The topological polar surface area (TPSA) is 78.3 Å². The summed E-state index contributed by atoms with van der Waals surface area (Å²) in [5, 5.41) is 0. The van der Waals surface area contributed by atoms with Crippen molar-refractivity contribution in [2.75, 3.05) is 12.3 Å². The van der Waals surface area contributed by atoms with Crippen molar-refractivity contribution in [3.05, 3.63) is 23.3 Å². The van der Waals surface area contributed by atoms with E-state index in [-0.39, 0.29) is 18.9 Å². The molecule has 0 aliphatic carbocycles. The van der Waals surface area contributed by atoms with Gasteiger partial charge in [0.15, 0.2) is 0 Å². The highest BCUT2D eigenvalue weighted by Gasteiger charge is 2.06. The molecular weight excluding hydrogens is 192 g/mol. The summed E-state index contributed by atoms with van der Waals surface area (Å²) in [6.45, 7) is 4.16. The molecule has 4 nitrogen and oxygen atoms in total. The van der Waals surface area contributed by atoms with E-state index >= 15 is 0 Å². The van der Waals surface area contributed by atoms with Crippen LogP contribution in [0.4, 0.5) is 5.69 Å². The van der Waals surface area contributed by atoms with Gasteiger partial charge in [-0.1, -0.05) is 6.07 Å². The van der Waals surface area contributed by atoms with Crippen LogP contribution in [0, 0.1) is 13.8 Å². The van der Waals surface area contributed by atoms with E-state index in [9.17, 15) is 4.79 Å². The van der Waals surface area contributed by atoms with E-state index < -0.39 is 0 Å². The summed E-state index contributed by atoms with van der Waals surface area (Å²) in [7, 11) is 0. The van der Waals surface area contributed by atoms with Crippen molar-refractivity contribution >= 4 is 11.6 Å². The molecule has 1 rings (SSSR count). The minimum absolute atomic E-state index is 0.201. The third-order valence-corrected chi connectivity index (χ3v) is 2.04. The third kappa shape index (κ3) is 3.16. The Hall–Kier alpha value is -1.71. The standard InChI is InChI=1S/C11H16N2O2/c1-7-5-8(2)11(9(12)6-7)15-4-3-10(13)14/h5-6H,3-4,12H2,1-2H3,(H2,13,14). The highest BCUT2D eigenvalue weighted by molar-refractivity contribution is 5.73. The fourth-order valence-electron chi connectivity index (χ4n) is 1.44. The number of benzene rings is 1. The monoisotopic (exact) mass is 208 g/mol. The first-order chi connectivity index (χ1) is 7.00. The van der Waals surface area contributed by atoms with Gasteiger partial charge in [-0.3, -0.25) is 4.79 Å². The molecule has 0 saturated heterocycles. The quantitative estimate of drug-likeness (QED) is 0.728. The third-order valence-electron chi connectivity index (χ3n) is 2.04. The number of primary amides is 1. The van der Waals surface area contributed by atoms with Crippen LogP contribution in [0.2, 0.25) is 0 Å². The number of carbonyl (C=O) groups excluding carboxylic acids is 1. The number of amides is 1. The SMILES string of the molecule is Cc1cc(C)c(OCCC(N)=O)c(N)c1. The highest BCUT2D eigenvalue weighted by Crippen LogP contribution is 2.27. The minimum atomic E-state index is -0.377. The summed E-state index contributed by atoms with van der Waals surface area (Å²) in [6.07, 6.45) is 0.201. The van der Waals surface area contributed by atoms with E-state index in [2.05, 4.69) is 0 Å². The molecule has 0 unspecified atom stereocenters. The highest BCUT2D eigenvalue weighted by atomic mass is 16.5. The van der Waals surface area contributed by atoms with Gasteiger partial charge in [-0.25, -0.2) is 0 Å². The van der Waals surface area contributed by atoms with Gasteiger partial charge in [-0.15, -0.1) is 0 Å². The van der Waals surface area contributed by atoms with Crippen LogP contribution in [0.3, 0.4) is 0 Å². The van der Waals surface area contributed by atoms with Crippen LogP contribution in [0.5, 0.6) is 5.75 Å². The Labute approximate surface area is 89.2 Å². The Morgan fingerprint density at radius 1 is 1.40 bits per heavy atom. The zero-order valence-electron chi connectivity index (χ0n) is 9.04. The van der Waals surface area contributed by atoms with Crippen LogP contribution in [-0.4, -0.2) is 12.5 Å². The van der Waals surface area contributed by atoms with Crippen LogP contribution in [0.1, 0.15) is 17.5 Å². The first-order valence-electron chi connectivity index (χ1n) is 4.78. The summed E-state index contributed by atoms with van der Waals surface area (Å²) in [5.41, 5.74) is 13.5. The Kier molecular flexibility index (Phi) is 3.55. The van der Waals surface area contributed by atoms with E-state index in [1.807, 2.05) is 26.0 Å². The molecule has 0 bridgehead atoms. The Balaban J connectivity index is 2.72. The molecule has 0 aliphatic rings. The number of ether oxygens (including phenoxy) is 1. The molecular formula is C11H16N2O2. The van der Waals surface area contributed by atoms with Crippen molar-refractivity contribution < 1.29 is 9.53 Å². The predicted octanol–water partition coefficient (Wildman–Crippen LogP) is 1.14. The van der Waals surface area contributed by atoms with Crippen LogP contribution in [0.15, 0.2) is 12.1 Å². The van der Waals surface area contributed by atoms with Crippen LogP contribution in [-0.2, 0) is 4.79 Å². The van der Waals surface area contributed by atoms with E-state index in [0.29, 0.717) is 11.4 Å². The zero-order chi connectivity index (χ0) is 11.4. The normalized spacial score (nSPS) is 10.0. The summed E-state index contributed by atoms with van der Waals surface area (Å²) in [4.78, 5) is 10.5. The van der Waals surface area contributed by atoms with E-state index in [4.69, 9.17) is 16.2 Å². The molecule has 4 heteroatoms. The number of nitrogen functional groups attached to an aromatic ring is 1. The molecule has 0 atom stereocenters. The Morgan fingerprint density at radius 2 is 2.07 bits per heavy atom. The molecule has 1 aromatic carbocycles. The number of nitrogens with two attached hydrogens (primary N) is 2. The van der Waals surface area contributed by atoms with Crippen LogP contribution >= 0.6 is 0 Å². The van der Waals surface area contributed by atoms with Gasteiger partial charge in [-0.05, 0) is 31.0 Å². The van der Waals surface area contributed by atoms with Gasteiger partial charge < -0.3 is 16.2 Å². The van der Waals surface area contributed by atoms with Crippen molar-refractivity contribution in [1.82, 2.24) is 0 Å². The van der Waals surface area contributed by atoms with Gasteiger partial charge in [0.25, 0.3) is 0 Å². The van der Waals surface area contributed by atoms with E-state index in [1.54, 1.807) is 0 Å². The average molecular weight is 208 g/mol. The van der Waals surface area contributed by atoms with Gasteiger partial charge in [0.2, 0.25) is 5.91 Å². The number of rotatable bonds is 4. The molecule has 1 amide bonds. The lowest BCUT2D eigenvalue weighted by atomic mass is 10.1. The number of anilines is 1. The van der Waals surface area contributed by atoms with Gasteiger partial charge in [0.05, 0.1) is 18.7 Å². The van der Waals surface area contributed by atoms with Crippen LogP contribution < -0.4 is 16.2 Å². The maximum Gasteiger partial charge on any atom is 0.220 e. The fourth-order valence-corrected chi connectivity index (χ4v) is 1.44. The second-order valence-corrected chi connectivity index (χ2v) is 3.56. The molecule has 0 radical (unpaired) electrons. The largest absolute Gasteiger partial charge is 0.491 e. The summed E-state index contributed by atoms with van der Waals surface area (Å²) in [6, 6.07) is 3.82. The Morgan fingerprint density at radius 3 is 2.60 bits per heavy atom. The predicted molar refractivity (Wildman–Crippen MR) is 59.6 cm³/mol. The van der Waals surface area contributed by atoms with Crippen molar-refractivity contribution in [3.63, 3.8) is 0 Å².